The summed E-state index contributed by atoms with van der Waals surface area (Å²) in [6.45, 7) is 1.36. The van der Waals surface area contributed by atoms with E-state index < -0.39 is 5.91 Å². The van der Waals surface area contributed by atoms with Gasteiger partial charge in [0.15, 0.2) is 0 Å². The number of hydrogen-bond acceptors (Lipinski definition) is 4. The van der Waals surface area contributed by atoms with Crippen molar-refractivity contribution >= 4 is 23.8 Å². The Morgan fingerprint density at radius 2 is 1.86 bits per heavy atom. The second kappa shape index (κ2) is 9.16. The molecule has 1 unspecified atom stereocenters. The number of rotatable bonds is 5. The molecule has 2 aromatic rings. The number of nitrogens with one attached hydrogen (secondary N) is 3. The number of amides is 3. The molecule has 1 atom stereocenters. The Balaban J connectivity index is 1.83. The summed E-state index contributed by atoms with van der Waals surface area (Å²) in [5.74, 6) is -1.28. The molecule has 1 aliphatic rings. The average Bonchev–Trinajstić information content (AvgIpc) is 2.73. The maximum absolute atomic E-state index is 12.9. The van der Waals surface area contributed by atoms with Crippen molar-refractivity contribution in [1.29, 1.82) is 0 Å². The van der Waals surface area contributed by atoms with Gasteiger partial charge in [0.05, 0.1) is 6.04 Å². The van der Waals surface area contributed by atoms with Crippen molar-refractivity contribution in [2.24, 2.45) is 0 Å². The van der Waals surface area contributed by atoms with Crippen LogP contribution in [0.2, 0.25) is 0 Å². The SMILES string of the molecule is CC(=O)NC(=Cc1ccccc1)C(=O)NC1CCCc2cc(C(=O)NO)ccc21. The highest BCUT2D eigenvalue weighted by atomic mass is 16.5. The van der Waals surface area contributed by atoms with Gasteiger partial charge in [0, 0.05) is 12.5 Å². The molecule has 0 aromatic heterocycles. The Morgan fingerprint density at radius 3 is 2.55 bits per heavy atom. The van der Waals surface area contributed by atoms with Gasteiger partial charge < -0.3 is 10.6 Å². The lowest BCUT2D eigenvalue weighted by molar-refractivity contribution is -0.122. The van der Waals surface area contributed by atoms with Crippen molar-refractivity contribution in [3.05, 3.63) is 76.5 Å². The summed E-state index contributed by atoms with van der Waals surface area (Å²) in [5, 5.41) is 14.4. The minimum Gasteiger partial charge on any atom is -0.344 e. The number of carbonyl (C=O) groups excluding carboxylic acids is 3. The van der Waals surface area contributed by atoms with Crippen LogP contribution in [-0.4, -0.2) is 22.9 Å². The summed E-state index contributed by atoms with van der Waals surface area (Å²) in [5.41, 5.74) is 4.85. The van der Waals surface area contributed by atoms with Gasteiger partial charge in [-0.05, 0) is 54.2 Å². The molecule has 150 valence electrons. The number of fused-ring (bicyclic) bond motifs is 1. The third-order valence-corrected chi connectivity index (χ3v) is 4.79. The van der Waals surface area contributed by atoms with E-state index in [2.05, 4.69) is 10.6 Å². The van der Waals surface area contributed by atoms with Gasteiger partial charge in [-0.2, -0.15) is 0 Å². The number of carbonyl (C=O) groups is 3. The van der Waals surface area contributed by atoms with Gasteiger partial charge in [-0.15, -0.1) is 0 Å². The molecule has 3 amide bonds. The zero-order chi connectivity index (χ0) is 20.8. The molecule has 3 rings (SSSR count). The first-order valence-corrected chi connectivity index (χ1v) is 9.40. The fourth-order valence-corrected chi connectivity index (χ4v) is 3.47. The molecule has 7 heteroatoms. The molecule has 0 fully saturated rings. The van der Waals surface area contributed by atoms with Crippen LogP contribution >= 0.6 is 0 Å². The highest BCUT2D eigenvalue weighted by molar-refractivity contribution is 6.01. The molecule has 29 heavy (non-hydrogen) atoms. The molecule has 1 aliphatic carbocycles. The van der Waals surface area contributed by atoms with Crippen molar-refractivity contribution in [2.75, 3.05) is 0 Å². The van der Waals surface area contributed by atoms with Gasteiger partial charge in [0.25, 0.3) is 11.8 Å². The lowest BCUT2D eigenvalue weighted by Gasteiger charge is -2.27. The van der Waals surface area contributed by atoms with Crippen LogP contribution in [0.4, 0.5) is 0 Å². The Bertz CT molecular complexity index is 954. The third-order valence-electron chi connectivity index (χ3n) is 4.79. The topological polar surface area (TPSA) is 108 Å². The molecule has 2 aromatic carbocycles. The fourth-order valence-electron chi connectivity index (χ4n) is 3.47. The van der Waals surface area contributed by atoms with Crippen LogP contribution in [0.15, 0.2) is 54.2 Å². The molecular weight excluding hydrogens is 370 g/mol. The second-order valence-electron chi connectivity index (χ2n) is 6.92. The average molecular weight is 393 g/mol. The Labute approximate surface area is 168 Å². The van der Waals surface area contributed by atoms with Crippen molar-refractivity contribution in [3.8, 4) is 0 Å². The quantitative estimate of drug-likeness (QED) is 0.356. The van der Waals surface area contributed by atoms with Gasteiger partial charge in [-0.1, -0.05) is 36.4 Å². The largest absolute Gasteiger partial charge is 0.344 e. The molecular formula is C22H23N3O4. The zero-order valence-electron chi connectivity index (χ0n) is 16.1. The number of hydroxylamine groups is 1. The van der Waals surface area contributed by atoms with Gasteiger partial charge in [0.1, 0.15) is 5.70 Å². The smallest absolute Gasteiger partial charge is 0.274 e. The lowest BCUT2D eigenvalue weighted by atomic mass is 9.86. The van der Waals surface area contributed by atoms with E-state index in [4.69, 9.17) is 5.21 Å². The Hall–Kier alpha value is -3.45. The van der Waals surface area contributed by atoms with Crippen LogP contribution in [0.5, 0.6) is 0 Å². The van der Waals surface area contributed by atoms with E-state index in [0.29, 0.717) is 5.56 Å². The molecule has 0 saturated carbocycles. The van der Waals surface area contributed by atoms with Gasteiger partial charge in [0.2, 0.25) is 5.91 Å². The zero-order valence-corrected chi connectivity index (χ0v) is 16.1. The summed E-state index contributed by atoms with van der Waals surface area (Å²) < 4.78 is 0. The van der Waals surface area contributed by atoms with E-state index in [9.17, 15) is 14.4 Å². The predicted octanol–water partition coefficient (Wildman–Crippen LogP) is 2.48. The van der Waals surface area contributed by atoms with Gasteiger partial charge in [-0.25, -0.2) is 5.48 Å². The maximum Gasteiger partial charge on any atom is 0.274 e. The highest BCUT2D eigenvalue weighted by Gasteiger charge is 2.24. The molecule has 0 heterocycles. The van der Waals surface area contributed by atoms with E-state index in [1.807, 2.05) is 30.3 Å². The maximum atomic E-state index is 12.9. The van der Waals surface area contributed by atoms with Crippen molar-refractivity contribution < 1.29 is 19.6 Å². The van der Waals surface area contributed by atoms with Gasteiger partial charge >= 0.3 is 0 Å². The first kappa shape index (κ1) is 20.3. The molecule has 0 saturated heterocycles. The molecule has 7 nitrogen and oxygen atoms in total. The minimum atomic E-state index is -0.572. The van der Waals surface area contributed by atoms with E-state index in [-0.39, 0.29) is 23.6 Å². The molecule has 0 bridgehead atoms. The first-order chi connectivity index (χ1) is 14.0. The third kappa shape index (κ3) is 5.08. The summed E-state index contributed by atoms with van der Waals surface area (Å²) in [6.07, 6.45) is 4.02. The highest BCUT2D eigenvalue weighted by Crippen LogP contribution is 2.30. The number of hydrogen-bond donors (Lipinski definition) is 4. The number of benzene rings is 2. The van der Waals surface area contributed by atoms with Crippen LogP contribution in [0.1, 0.15) is 52.9 Å². The minimum absolute atomic E-state index is 0.173. The molecule has 0 radical (unpaired) electrons. The summed E-state index contributed by atoms with van der Waals surface area (Å²) in [4.78, 5) is 36.1. The monoisotopic (exact) mass is 393 g/mol. The summed E-state index contributed by atoms with van der Waals surface area (Å²) >= 11 is 0. The normalized spacial score (nSPS) is 15.8. The van der Waals surface area contributed by atoms with Gasteiger partial charge in [-0.3, -0.25) is 19.6 Å². The second-order valence-corrected chi connectivity index (χ2v) is 6.92. The van der Waals surface area contributed by atoms with E-state index in [1.165, 1.54) is 6.92 Å². The lowest BCUT2D eigenvalue weighted by Crippen LogP contribution is -2.37. The van der Waals surface area contributed by atoms with Crippen molar-refractivity contribution in [2.45, 2.75) is 32.2 Å². The molecule has 0 aliphatic heterocycles. The Kier molecular flexibility index (Phi) is 6.41. The van der Waals surface area contributed by atoms with E-state index in [0.717, 1.165) is 36.0 Å². The van der Waals surface area contributed by atoms with E-state index >= 15 is 0 Å². The van der Waals surface area contributed by atoms with E-state index in [1.54, 1.807) is 29.8 Å². The van der Waals surface area contributed by atoms with Crippen molar-refractivity contribution in [3.63, 3.8) is 0 Å². The molecule has 4 N–H and O–H groups in total. The first-order valence-electron chi connectivity index (χ1n) is 9.40. The van der Waals surface area contributed by atoms with Crippen LogP contribution in [0.25, 0.3) is 6.08 Å². The summed E-state index contributed by atoms with van der Waals surface area (Å²) in [6, 6.07) is 14.2. The van der Waals surface area contributed by atoms with Crippen LogP contribution in [-0.2, 0) is 16.0 Å². The van der Waals surface area contributed by atoms with Crippen LogP contribution < -0.4 is 16.1 Å². The predicted molar refractivity (Wildman–Crippen MR) is 108 cm³/mol. The standard InChI is InChI=1S/C22H23N3O4/c1-14(26)23-20(12-15-6-3-2-4-7-15)22(28)24-19-9-5-8-16-13-17(21(27)25-29)10-11-18(16)19/h2-4,6-7,10-13,19,29H,5,8-9H2,1H3,(H,23,26)(H,24,28)(H,25,27). The van der Waals surface area contributed by atoms with Crippen LogP contribution in [0.3, 0.4) is 0 Å². The fraction of sp³-hybridized carbons (Fsp3) is 0.227. The number of aryl methyl sites for hydroxylation is 1. The Morgan fingerprint density at radius 1 is 1.10 bits per heavy atom. The van der Waals surface area contributed by atoms with Crippen LogP contribution in [0, 0.1) is 0 Å². The van der Waals surface area contributed by atoms with Crippen molar-refractivity contribution in [1.82, 2.24) is 16.1 Å². The summed E-state index contributed by atoms with van der Waals surface area (Å²) in [7, 11) is 0. The molecule has 0 spiro atoms.